The number of hydrogen-bond acceptors (Lipinski definition) is 2. The fraction of sp³-hybridized carbons (Fsp3) is 0.667. The quantitative estimate of drug-likeness (QED) is 0.731. The second-order valence-corrected chi connectivity index (χ2v) is 3.95. The van der Waals surface area contributed by atoms with Crippen LogP contribution in [0.1, 0.15) is 32.0 Å². The summed E-state index contributed by atoms with van der Waals surface area (Å²) in [5, 5.41) is 6.94. The first-order valence-electron chi connectivity index (χ1n) is 4.07. The molecule has 0 spiro atoms. The summed E-state index contributed by atoms with van der Waals surface area (Å²) in [4.78, 5) is 0. The van der Waals surface area contributed by atoms with E-state index in [-0.39, 0.29) is 5.41 Å². The third kappa shape index (κ3) is 1.85. The fourth-order valence-corrected chi connectivity index (χ4v) is 1.21. The van der Waals surface area contributed by atoms with E-state index in [2.05, 4.69) is 31.0 Å². The van der Waals surface area contributed by atoms with Gasteiger partial charge in [0, 0.05) is 12.7 Å². The molecular weight excluding hydrogens is 152 g/mol. The van der Waals surface area contributed by atoms with Crippen LogP contribution in [0.15, 0.2) is 6.20 Å². The molecule has 0 amide bonds. The number of nitrogens with one attached hydrogen (secondary N) is 1. The topological polar surface area (TPSA) is 37.9 Å². The zero-order chi connectivity index (χ0) is 9.19. The van der Waals surface area contributed by atoms with Crippen molar-refractivity contribution in [3.8, 4) is 0 Å². The molecule has 1 rings (SSSR count). The zero-order valence-corrected chi connectivity index (χ0v) is 8.14. The molecular formula is C9H16N2O. The molecule has 3 heteroatoms. The highest BCUT2D eigenvalue weighted by molar-refractivity contribution is 5.23. The molecule has 68 valence electrons. The Labute approximate surface area is 73.1 Å². The van der Waals surface area contributed by atoms with E-state index in [1.807, 2.05) is 6.20 Å². The minimum Gasteiger partial charge on any atom is -0.378 e. The molecule has 1 aromatic heterocycles. The number of H-pyrrole nitrogens is 1. The van der Waals surface area contributed by atoms with Crippen LogP contribution < -0.4 is 0 Å². The third-order valence-electron chi connectivity index (χ3n) is 1.81. The van der Waals surface area contributed by atoms with Gasteiger partial charge >= 0.3 is 0 Å². The van der Waals surface area contributed by atoms with Crippen LogP contribution in [0, 0.1) is 0 Å². The van der Waals surface area contributed by atoms with Gasteiger partial charge in [0.25, 0.3) is 0 Å². The number of rotatable bonds is 2. The molecule has 0 saturated heterocycles. The average molecular weight is 168 g/mol. The molecule has 0 fully saturated rings. The summed E-state index contributed by atoms with van der Waals surface area (Å²) in [5.41, 5.74) is 2.44. The Bertz CT molecular complexity index is 247. The van der Waals surface area contributed by atoms with Crippen LogP contribution in [-0.2, 0) is 16.8 Å². The maximum Gasteiger partial charge on any atom is 0.0881 e. The number of aromatic nitrogens is 2. The summed E-state index contributed by atoms with van der Waals surface area (Å²) in [6, 6.07) is 0. The number of methoxy groups -OCH3 is 1. The maximum absolute atomic E-state index is 5.05. The van der Waals surface area contributed by atoms with Crippen molar-refractivity contribution in [3.63, 3.8) is 0 Å². The van der Waals surface area contributed by atoms with Crippen LogP contribution in [-0.4, -0.2) is 17.3 Å². The van der Waals surface area contributed by atoms with Crippen LogP contribution in [0.3, 0.4) is 0 Å². The molecule has 0 atom stereocenters. The average Bonchev–Trinajstić information content (AvgIpc) is 2.34. The van der Waals surface area contributed by atoms with E-state index in [1.165, 1.54) is 5.56 Å². The predicted octanol–water partition coefficient (Wildman–Crippen LogP) is 1.85. The number of nitrogens with zero attached hydrogens (tertiary/aromatic N) is 1. The van der Waals surface area contributed by atoms with Gasteiger partial charge < -0.3 is 4.74 Å². The monoisotopic (exact) mass is 168 g/mol. The Hall–Kier alpha value is -0.830. The minimum absolute atomic E-state index is 0.140. The van der Waals surface area contributed by atoms with Gasteiger partial charge in [-0.1, -0.05) is 20.8 Å². The van der Waals surface area contributed by atoms with E-state index >= 15 is 0 Å². The second kappa shape index (κ2) is 3.27. The lowest BCUT2D eigenvalue weighted by molar-refractivity contribution is 0.179. The first kappa shape index (κ1) is 9.26. The predicted molar refractivity (Wildman–Crippen MR) is 48.0 cm³/mol. The molecule has 0 aromatic carbocycles. The molecule has 0 bridgehead atoms. The minimum atomic E-state index is 0.140. The summed E-state index contributed by atoms with van der Waals surface area (Å²) >= 11 is 0. The van der Waals surface area contributed by atoms with Crippen LogP contribution in [0.2, 0.25) is 0 Å². The molecule has 0 saturated carbocycles. The zero-order valence-electron chi connectivity index (χ0n) is 8.14. The summed E-state index contributed by atoms with van der Waals surface area (Å²) in [6.07, 6.45) is 1.87. The Morgan fingerprint density at radius 2 is 2.17 bits per heavy atom. The highest BCUT2D eigenvalue weighted by atomic mass is 16.5. The Kier molecular flexibility index (Phi) is 2.52. The normalized spacial score (nSPS) is 12.0. The summed E-state index contributed by atoms with van der Waals surface area (Å²) in [6.45, 7) is 7.09. The van der Waals surface area contributed by atoms with Crippen molar-refractivity contribution in [2.24, 2.45) is 0 Å². The molecule has 3 nitrogen and oxygen atoms in total. The first-order valence-corrected chi connectivity index (χ1v) is 4.07. The summed E-state index contributed by atoms with van der Waals surface area (Å²) < 4.78 is 5.05. The summed E-state index contributed by atoms with van der Waals surface area (Å²) in [7, 11) is 1.69. The lowest BCUT2D eigenvalue weighted by atomic mass is 9.87. The van der Waals surface area contributed by atoms with E-state index in [4.69, 9.17) is 4.74 Å². The molecule has 1 heterocycles. The van der Waals surface area contributed by atoms with E-state index in [1.54, 1.807) is 7.11 Å². The lowest BCUT2D eigenvalue weighted by Crippen LogP contribution is -2.13. The van der Waals surface area contributed by atoms with Crippen molar-refractivity contribution < 1.29 is 4.74 Å². The van der Waals surface area contributed by atoms with Crippen LogP contribution in [0.25, 0.3) is 0 Å². The summed E-state index contributed by atoms with van der Waals surface area (Å²) in [5.74, 6) is 0. The van der Waals surface area contributed by atoms with Crippen LogP contribution in [0.5, 0.6) is 0 Å². The Morgan fingerprint density at radius 3 is 2.67 bits per heavy atom. The van der Waals surface area contributed by atoms with Crippen molar-refractivity contribution in [1.82, 2.24) is 10.2 Å². The van der Waals surface area contributed by atoms with Crippen molar-refractivity contribution in [3.05, 3.63) is 17.5 Å². The van der Waals surface area contributed by atoms with Gasteiger partial charge in [0.05, 0.1) is 18.5 Å². The van der Waals surface area contributed by atoms with Gasteiger partial charge in [-0.3, -0.25) is 5.10 Å². The van der Waals surface area contributed by atoms with Crippen molar-refractivity contribution in [1.29, 1.82) is 0 Å². The standard InChI is InChI=1S/C9H16N2O/c1-9(2,3)7-5-10-11-8(7)6-12-4/h5H,6H2,1-4H3,(H,10,11). The van der Waals surface area contributed by atoms with Crippen LogP contribution in [0.4, 0.5) is 0 Å². The largest absolute Gasteiger partial charge is 0.378 e. The number of hydrogen-bond donors (Lipinski definition) is 1. The number of aromatic amines is 1. The highest BCUT2D eigenvalue weighted by Crippen LogP contribution is 2.24. The molecule has 1 N–H and O–H groups in total. The van der Waals surface area contributed by atoms with Gasteiger partial charge in [0.2, 0.25) is 0 Å². The van der Waals surface area contributed by atoms with E-state index in [0.717, 1.165) is 5.69 Å². The molecule has 12 heavy (non-hydrogen) atoms. The van der Waals surface area contributed by atoms with Crippen molar-refractivity contribution >= 4 is 0 Å². The Morgan fingerprint density at radius 1 is 1.50 bits per heavy atom. The van der Waals surface area contributed by atoms with Gasteiger partial charge in [-0.05, 0) is 5.41 Å². The Balaban J connectivity index is 2.91. The highest BCUT2D eigenvalue weighted by Gasteiger charge is 2.19. The molecule has 1 aromatic rings. The molecule has 0 aliphatic carbocycles. The first-order chi connectivity index (χ1) is 5.55. The lowest BCUT2D eigenvalue weighted by Gasteiger charge is -2.17. The second-order valence-electron chi connectivity index (χ2n) is 3.95. The smallest absolute Gasteiger partial charge is 0.0881 e. The van der Waals surface area contributed by atoms with Gasteiger partial charge in [0.1, 0.15) is 0 Å². The number of ether oxygens (including phenoxy) is 1. The van der Waals surface area contributed by atoms with Crippen LogP contribution >= 0.6 is 0 Å². The molecule has 0 aliphatic heterocycles. The maximum atomic E-state index is 5.05. The van der Waals surface area contributed by atoms with Crippen molar-refractivity contribution in [2.45, 2.75) is 32.8 Å². The fourth-order valence-electron chi connectivity index (χ4n) is 1.21. The van der Waals surface area contributed by atoms with Gasteiger partial charge in [-0.25, -0.2) is 0 Å². The SMILES string of the molecule is COCc1[nH]ncc1C(C)(C)C. The van der Waals surface area contributed by atoms with E-state index in [0.29, 0.717) is 6.61 Å². The third-order valence-corrected chi connectivity index (χ3v) is 1.81. The van der Waals surface area contributed by atoms with Gasteiger partial charge in [-0.2, -0.15) is 5.10 Å². The van der Waals surface area contributed by atoms with E-state index < -0.39 is 0 Å². The molecule has 0 radical (unpaired) electrons. The van der Waals surface area contributed by atoms with E-state index in [9.17, 15) is 0 Å². The molecule has 0 unspecified atom stereocenters. The molecule has 0 aliphatic rings. The van der Waals surface area contributed by atoms with Crippen molar-refractivity contribution in [2.75, 3.05) is 7.11 Å². The van der Waals surface area contributed by atoms with Gasteiger partial charge in [0.15, 0.2) is 0 Å². The van der Waals surface area contributed by atoms with Gasteiger partial charge in [-0.15, -0.1) is 0 Å².